The van der Waals surface area contributed by atoms with Crippen LogP contribution in [0.1, 0.15) is 44.1 Å². The second-order valence-electron chi connectivity index (χ2n) is 6.29. The van der Waals surface area contributed by atoms with Crippen molar-refractivity contribution in [2.75, 3.05) is 12.4 Å². The Morgan fingerprint density at radius 1 is 1.15 bits per heavy atom. The zero-order chi connectivity index (χ0) is 18.7. The van der Waals surface area contributed by atoms with Crippen LogP contribution in [-0.2, 0) is 0 Å². The lowest BCUT2D eigenvalue weighted by atomic mass is 10.1. The smallest absolute Gasteiger partial charge is 0.258 e. The number of nitrogens with one attached hydrogen (secondary N) is 1. The van der Waals surface area contributed by atoms with Crippen LogP contribution in [-0.4, -0.2) is 22.2 Å². The van der Waals surface area contributed by atoms with Crippen molar-refractivity contribution in [3.05, 3.63) is 53.7 Å². The van der Waals surface area contributed by atoms with Gasteiger partial charge in [0.05, 0.1) is 13.2 Å². The fraction of sp³-hybridized carbons (Fsp3) is 0.316. The number of hydrogen-bond acceptors (Lipinski definition) is 6. The maximum absolute atomic E-state index is 13.6. The first kappa shape index (κ1) is 17.8. The van der Waals surface area contributed by atoms with Gasteiger partial charge in [-0.1, -0.05) is 19.0 Å². The average Bonchev–Trinajstić information content (AvgIpc) is 3.12. The molecule has 26 heavy (non-hydrogen) atoms. The third kappa shape index (κ3) is 3.82. The van der Waals surface area contributed by atoms with E-state index in [2.05, 4.69) is 20.4 Å². The molecule has 7 heteroatoms. The average molecular weight is 356 g/mol. The van der Waals surface area contributed by atoms with Crippen molar-refractivity contribution in [1.82, 2.24) is 15.1 Å². The van der Waals surface area contributed by atoms with Gasteiger partial charge in [0.15, 0.2) is 5.82 Å². The first-order chi connectivity index (χ1) is 12.5. The van der Waals surface area contributed by atoms with Gasteiger partial charge in [-0.15, -0.1) is 0 Å². The third-order valence-corrected chi connectivity index (χ3v) is 3.99. The Morgan fingerprint density at radius 2 is 1.96 bits per heavy atom. The standard InChI is InChI=1S/C19H21FN4O2/c1-11(2)18-23-19(26-24-18)13-7-8-21-17(9-13)22-12(3)15-10-14(20)5-6-16(15)25-4/h5-12H,1-4H3,(H,21,22). The molecule has 136 valence electrons. The van der Waals surface area contributed by atoms with Gasteiger partial charge in [0.1, 0.15) is 17.4 Å². The lowest BCUT2D eigenvalue weighted by molar-refractivity contribution is 0.406. The van der Waals surface area contributed by atoms with E-state index < -0.39 is 0 Å². The summed E-state index contributed by atoms with van der Waals surface area (Å²) in [6, 6.07) is 7.84. The molecule has 3 aromatic rings. The van der Waals surface area contributed by atoms with Gasteiger partial charge < -0.3 is 14.6 Å². The second kappa shape index (κ2) is 7.51. The summed E-state index contributed by atoms with van der Waals surface area (Å²) in [5.41, 5.74) is 1.47. The van der Waals surface area contributed by atoms with Crippen molar-refractivity contribution in [1.29, 1.82) is 0 Å². The van der Waals surface area contributed by atoms with E-state index in [9.17, 15) is 4.39 Å². The summed E-state index contributed by atoms with van der Waals surface area (Å²) in [5.74, 6) is 2.20. The van der Waals surface area contributed by atoms with Gasteiger partial charge in [0.25, 0.3) is 5.89 Å². The zero-order valence-corrected chi connectivity index (χ0v) is 15.2. The molecule has 0 amide bonds. The van der Waals surface area contributed by atoms with Gasteiger partial charge in [0.2, 0.25) is 0 Å². The number of benzene rings is 1. The van der Waals surface area contributed by atoms with E-state index in [4.69, 9.17) is 9.26 Å². The normalized spacial score (nSPS) is 12.2. The summed E-state index contributed by atoms with van der Waals surface area (Å²) in [5, 5.41) is 7.23. The van der Waals surface area contributed by atoms with Crippen molar-refractivity contribution in [2.45, 2.75) is 32.7 Å². The van der Waals surface area contributed by atoms with Crippen LogP contribution in [0.25, 0.3) is 11.5 Å². The minimum Gasteiger partial charge on any atom is -0.496 e. The largest absolute Gasteiger partial charge is 0.496 e. The zero-order valence-electron chi connectivity index (χ0n) is 15.2. The Balaban J connectivity index is 1.83. The second-order valence-corrected chi connectivity index (χ2v) is 6.29. The van der Waals surface area contributed by atoms with Crippen molar-refractivity contribution in [2.24, 2.45) is 0 Å². The maximum Gasteiger partial charge on any atom is 0.258 e. The fourth-order valence-corrected chi connectivity index (χ4v) is 2.57. The molecular formula is C19H21FN4O2. The number of halogens is 1. The van der Waals surface area contributed by atoms with Gasteiger partial charge in [-0.25, -0.2) is 9.37 Å². The van der Waals surface area contributed by atoms with Crippen molar-refractivity contribution >= 4 is 5.82 Å². The van der Waals surface area contributed by atoms with Crippen molar-refractivity contribution in [3.63, 3.8) is 0 Å². The third-order valence-electron chi connectivity index (χ3n) is 3.99. The van der Waals surface area contributed by atoms with Crippen molar-refractivity contribution in [3.8, 4) is 17.2 Å². The molecule has 1 aromatic carbocycles. The summed E-state index contributed by atoms with van der Waals surface area (Å²) < 4.78 is 24.2. The monoisotopic (exact) mass is 356 g/mol. The fourth-order valence-electron chi connectivity index (χ4n) is 2.57. The lowest BCUT2D eigenvalue weighted by Gasteiger charge is -2.18. The van der Waals surface area contributed by atoms with Crippen LogP contribution in [0.5, 0.6) is 5.75 Å². The van der Waals surface area contributed by atoms with Gasteiger partial charge >= 0.3 is 0 Å². The summed E-state index contributed by atoms with van der Waals surface area (Å²) in [4.78, 5) is 8.71. The highest BCUT2D eigenvalue weighted by molar-refractivity contribution is 5.58. The van der Waals surface area contributed by atoms with Crippen LogP contribution in [0, 0.1) is 5.82 Å². The summed E-state index contributed by atoms with van der Waals surface area (Å²) in [6.07, 6.45) is 1.66. The summed E-state index contributed by atoms with van der Waals surface area (Å²) in [7, 11) is 1.56. The molecule has 2 heterocycles. The molecule has 3 rings (SSSR count). The van der Waals surface area contributed by atoms with E-state index in [1.54, 1.807) is 25.4 Å². The predicted molar refractivity (Wildman–Crippen MR) is 96.6 cm³/mol. The molecule has 1 unspecified atom stereocenters. The molecular weight excluding hydrogens is 335 g/mol. The number of ether oxygens (including phenoxy) is 1. The molecule has 0 spiro atoms. The minimum absolute atomic E-state index is 0.187. The topological polar surface area (TPSA) is 73.1 Å². The molecule has 0 saturated carbocycles. The van der Waals surface area contributed by atoms with Crippen LogP contribution in [0.4, 0.5) is 10.2 Å². The Morgan fingerprint density at radius 3 is 2.65 bits per heavy atom. The van der Waals surface area contributed by atoms with Gasteiger partial charge in [-0.05, 0) is 37.3 Å². The first-order valence-electron chi connectivity index (χ1n) is 8.38. The Labute approximate surface area is 151 Å². The minimum atomic E-state index is -0.316. The van der Waals surface area contributed by atoms with E-state index in [0.717, 1.165) is 5.56 Å². The van der Waals surface area contributed by atoms with Crippen LogP contribution in [0.15, 0.2) is 41.1 Å². The lowest BCUT2D eigenvalue weighted by Crippen LogP contribution is -2.09. The number of aromatic nitrogens is 3. The highest BCUT2D eigenvalue weighted by Gasteiger charge is 2.15. The Hall–Kier alpha value is -2.96. The molecule has 0 aliphatic carbocycles. The highest BCUT2D eigenvalue weighted by atomic mass is 19.1. The molecule has 1 N–H and O–H groups in total. The molecule has 0 saturated heterocycles. The molecule has 0 radical (unpaired) electrons. The summed E-state index contributed by atoms with van der Waals surface area (Å²) in [6.45, 7) is 5.92. The number of pyridine rings is 1. The van der Waals surface area contributed by atoms with Gasteiger partial charge in [0, 0.05) is 23.2 Å². The van der Waals surface area contributed by atoms with Crippen LogP contribution in [0.3, 0.4) is 0 Å². The maximum atomic E-state index is 13.6. The molecule has 1 atom stereocenters. The molecule has 0 aliphatic rings. The van der Waals surface area contributed by atoms with E-state index in [-0.39, 0.29) is 17.8 Å². The molecule has 6 nitrogen and oxygen atoms in total. The van der Waals surface area contributed by atoms with Crippen LogP contribution >= 0.6 is 0 Å². The van der Waals surface area contributed by atoms with Crippen molar-refractivity contribution < 1.29 is 13.7 Å². The first-order valence-corrected chi connectivity index (χ1v) is 8.38. The Kier molecular flexibility index (Phi) is 5.16. The quantitative estimate of drug-likeness (QED) is 0.697. The van der Waals surface area contributed by atoms with E-state index in [0.29, 0.717) is 28.8 Å². The van der Waals surface area contributed by atoms with Gasteiger partial charge in [-0.2, -0.15) is 4.98 Å². The SMILES string of the molecule is COc1ccc(F)cc1C(C)Nc1cc(-c2nc(C(C)C)no2)ccn1. The number of anilines is 1. The van der Waals surface area contributed by atoms with E-state index >= 15 is 0 Å². The van der Waals surface area contributed by atoms with E-state index in [1.165, 1.54) is 12.1 Å². The number of hydrogen-bond donors (Lipinski definition) is 1. The number of methoxy groups -OCH3 is 1. The summed E-state index contributed by atoms with van der Waals surface area (Å²) >= 11 is 0. The number of nitrogens with zero attached hydrogens (tertiary/aromatic N) is 3. The van der Waals surface area contributed by atoms with Crippen LogP contribution < -0.4 is 10.1 Å². The van der Waals surface area contributed by atoms with Crippen LogP contribution in [0.2, 0.25) is 0 Å². The van der Waals surface area contributed by atoms with E-state index in [1.807, 2.05) is 26.8 Å². The number of rotatable bonds is 6. The highest BCUT2D eigenvalue weighted by Crippen LogP contribution is 2.29. The molecule has 0 bridgehead atoms. The predicted octanol–water partition coefficient (Wildman–Crippen LogP) is 4.58. The van der Waals surface area contributed by atoms with Gasteiger partial charge in [-0.3, -0.25) is 0 Å². The molecule has 0 fully saturated rings. The molecule has 2 aromatic heterocycles. The molecule has 0 aliphatic heterocycles. The Bertz CT molecular complexity index is 895.